The molecule has 5 aromatic rings. The smallest absolute Gasteiger partial charge is 0.250 e. The van der Waals surface area contributed by atoms with Gasteiger partial charge in [0.2, 0.25) is 4.80 Å². The number of carbonyl (C=O) groups is 1. The van der Waals surface area contributed by atoms with Crippen LogP contribution >= 0.6 is 50.4 Å². The van der Waals surface area contributed by atoms with Gasteiger partial charge in [-0.1, -0.05) is 75.4 Å². The predicted molar refractivity (Wildman–Crippen MR) is 144 cm³/mol. The molecule has 0 unspecified atom stereocenters. The normalized spacial score (nSPS) is 11.5. The number of rotatable bonds is 7. The number of pyridine rings is 1. The molecule has 0 fully saturated rings. The third-order valence-corrected chi connectivity index (χ3v) is 8.19. The molecule has 0 saturated heterocycles. The first kappa shape index (κ1) is 23.6. The SMILES string of the molecule is O=C(CSc1nnc(-c2ccccn2)s1)N/N=c1/scc(-c2ccccc2)n1-c1ccc(Br)cc1. The number of aromatic nitrogens is 4. The maximum atomic E-state index is 12.5. The summed E-state index contributed by atoms with van der Waals surface area (Å²) in [6, 6.07) is 23.7. The summed E-state index contributed by atoms with van der Waals surface area (Å²) in [7, 11) is 0. The fourth-order valence-electron chi connectivity index (χ4n) is 3.17. The maximum absolute atomic E-state index is 12.5. The molecular weight excluding hydrogens is 564 g/mol. The van der Waals surface area contributed by atoms with Crippen molar-refractivity contribution in [1.29, 1.82) is 0 Å². The van der Waals surface area contributed by atoms with Gasteiger partial charge in [0, 0.05) is 21.7 Å². The van der Waals surface area contributed by atoms with Gasteiger partial charge in [-0.3, -0.25) is 14.3 Å². The first-order valence-corrected chi connectivity index (χ1v) is 13.9. The van der Waals surface area contributed by atoms with Crippen LogP contribution in [0.25, 0.3) is 27.6 Å². The highest BCUT2D eigenvalue weighted by atomic mass is 79.9. The van der Waals surface area contributed by atoms with Crippen LogP contribution < -0.4 is 10.2 Å². The van der Waals surface area contributed by atoms with Gasteiger partial charge in [-0.05, 0) is 42.0 Å². The van der Waals surface area contributed by atoms with Crippen LogP contribution in [-0.2, 0) is 4.79 Å². The molecule has 0 radical (unpaired) electrons. The summed E-state index contributed by atoms with van der Waals surface area (Å²) in [5.74, 6) is -0.0446. The van der Waals surface area contributed by atoms with Crippen molar-refractivity contribution < 1.29 is 4.79 Å². The summed E-state index contributed by atoms with van der Waals surface area (Å²) in [5, 5.41) is 15.5. The van der Waals surface area contributed by atoms with Crippen LogP contribution in [0.1, 0.15) is 0 Å². The van der Waals surface area contributed by atoms with Crippen molar-refractivity contribution in [1.82, 2.24) is 25.2 Å². The number of benzene rings is 2. The number of nitrogens with one attached hydrogen (secondary N) is 1. The zero-order valence-corrected chi connectivity index (χ0v) is 22.1. The Morgan fingerprint density at radius 2 is 1.83 bits per heavy atom. The molecule has 1 amide bonds. The monoisotopic (exact) mass is 580 g/mol. The number of carbonyl (C=O) groups excluding carboxylic acids is 1. The molecule has 0 saturated carbocycles. The van der Waals surface area contributed by atoms with Gasteiger partial charge in [0.05, 0.1) is 11.4 Å². The van der Waals surface area contributed by atoms with Gasteiger partial charge in [-0.2, -0.15) is 0 Å². The second-order valence-corrected chi connectivity index (χ2v) is 11.1. The molecule has 3 aromatic heterocycles. The van der Waals surface area contributed by atoms with Crippen molar-refractivity contribution in [3.8, 4) is 27.6 Å². The van der Waals surface area contributed by atoms with E-state index in [0.29, 0.717) is 9.14 Å². The Morgan fingerprint density at radius 3 is 2.60 bits per heavy atom. The Kier molecular flexibility index (Phi) is 7.48. The minimum Gasteiger partial charge on any atom is -0.284 e. The first-order chi connectivity index (χ1) is 17.2. The van der Waals surface area contributed by atoms with Crippen molar-refractivity contribution in [2.24, 2.45) is 5.10 Å². The molecule has 0 aliphatic carbocycles. The number of thioether (sulfide) groups is 1. The Hall–Kier alpha value is -3.12. The standard InChI is InChI=1S/C24H17BrN6OS3/c25-17-9-11-18(12-10-17)31-20(16-6-2-1-3-7-16)14-33-23(31)29-27-21(32)15-34-24-30-28-22(35-24)19-8-4-5-13-26-19/h1-14H,15H2,(H,27,32)/b29-23+. The van der Waals surface area contributed by atoms with Crippen molar-refractivity contribution >= 4 is 56.3 Å². The molecule has 5 rings (SSSR count). The highest BCUT2D eigenvalue weighted by molar-refractivity contribution is 9.10. The van der Waals surface area contributed by atoms with E-state index in [4.69, 9.17) is 0 Å². The molecule has 0 aliphatic heterocycles. The molecule has 0 aliphatic rings. The largest absolute Gasteiger partial charge is 0.284 e. The average molecular weight is 582 g/mol. The van der Waals surface area contributed by atoms with E-state index in [-0.39, 0.29) is 11.7 Å². The van der Waals surface area contributed by atoms with Crippen LogP contribution in [0.2, 0.25) is 0 Å². The van der Waals surface area contributed by atoms with Crippen LogP contribution in [0, 0.1) is 0 Å². The van der Waals surface area contributed by atoms with Crippen LogP contribution in [0.15, 0.2) is 98.3 Å². The summed E-state index contributed by atoms with van der Waals surface area (Å²) in [4.78, 5) is 17.5. The number of halogens is 1. The second-order valence-electron chi connectivity index (χ2n) is 7.10. The molecule has 3 heterocycles. The summed E-state index contributed by atoms with van der Waals surface area (Å²) >= 11 is 7.68. The molecular formula is C24H17BrN6OS3. The van der Waals surface area contributed by atoms with Crippen LogP contribution in [-0.4, -0.2) is 31.4 Å². The summed E-state index contributed by atoms with van der Waals surface area (Å²) < 4.78 is 3.72. The molecule has 1 N–H and O–H groups in total. The van der Waals surface area contributed by atoms with E-state index >= 15 is 0 Å². The third kappa shape index (κ3) is 5.76. The fraction of sp³-hybridized carbons (Fsp3) is 0.0417. The summed E-state index contributed by atoms with van der Waals surface area (Å²) in [6.45, 7) is 0. The zero-order valence-electron chi connectivity index (χ0n) is 18.0. The van der Waals surface area contributed by atoms with Gasteiger partial charge < -0.3 is 0 Å². The lowest BCUT2D eigenvalue weighted by atomic mass is 10.1. The van der Waals surface area contributed by atoms with Gasteiger partial charge in [0.25, 0.3) is 5.91 Å². The van der Waals surface area contributed by atoms with Crippen molar-refractivity contribution in [3.63, 3.8) is 0 Å². The zero-order chi connectivity index (χ0) is 24.0. The van der Waals surface area contributed by atoms with Gasteiger partial charge >= 0.3 is 0 Å². The number of nitrogens with zero attached hydrogens (tertiary/aromatic N) is 5. The van der Waals surface area contributed by atoms with Gasteiger partial charge in [-0.15, -0.1) is 26.6 Å². The quantitative estimate of drug-likeness (QED) is 0.200. The predicted octanol–water partition coefficient (Wildman–Crippen LogP) is 5.61. The highest BCUT2D eigenvalue weighted by Crippen LogP contribution is 2.28. The molecule has 0 atom stereocenters. The molecule has 2 aromatic carbocycles. The number of hydrogen-bond donors (Lipinski definition) is 1. The van der Waals surface area contributed by atoms with Gasteiger partial charge in [-0.25, -0.2) is 5.43 Å². The van der Waals surface area contributed by atoms with Crippen LogP contribution in [0.5, 0.6) is 0 Å². The molecule has 7 nitrogen and oxygen atoms in total. The van der Waals surface area contributed by atoms with Crippen LogP contribution in [0.3, 0.4) is 0 Å². The maximum Gasteiger partial charge on any atom is 0.250 e. The van der Waals surface area contributed by atoms with Gasteiger partial charge in [0.1, 0.15) is 5.69 Å². The lowest BCUT2D eigenvalue weighted by molar-refractivity contribution is -0.118. The van der Waals surface area contributed by atoms with Crippen molar-refractivity contribution in [3.05, 3.63) is 93.6 Å². The Labute approximate surface area is 221 Å². The van der Waals surface area contributed by atoms with E-state index in [1.54, 1.807) is 6.20 Å². The molecule has 35 heavy (non-hydrogen) atoms. The Bertz CT molecular complexity index is 1500. The highest BCUT2D eigenvalue weighted by Gasteiger charge is 2.12. The van der Waals surface area contributed by atoms with Gasteiger partial charge in [0.15, 0.2) is 9.35 Å². The van der Waals surface area contributed by atoms with E-state index in [9.17, 15) is 4.79 Å². The van der Waals surface area contributed by atoms with Crippen molar-refractivity contribution in [2.45, 2.75) is 4.34 Å². The average Bonchev–Trinajstić information content (AvgIpc) is 3.55. The lowest BCUT2D eigenvalue weighted by Gasteiger charge is -2.09. The number of thiazole rings is 1. The topological polar surface area (TPSA) is 85.1 Å². The minimum absolute atomic E-state index is 0.176. The van der Waals surface area contributed by atoms with E-state index in [0.717, 1.165) is 32.1 Å². The Morgan fingerprint density at radius 1 is 1.03 bits per heavy atom. The van der Waals surface area contributed by atoms with E-state index in [2.05, 4.69) is 53.8 Å². The molecule has 174 valence electrons. The third-order valence-electron chi connectivity index (χ3n) is 4.76. The van der Waals surface area contributed by atoms with Crippen molar-refractivity contribution in [2.75, 3.05) is 5.75 Å². The van der Waals surface area contributed by atoms with E-state index in [1.165, 1.54) is 34.4 Å². The molecule has 11 heteroatoms. The number of hydrogen-bond acceptors (Lipinski definition) is 8. The van der Waals surface area contributed by atoms with Crippen LogP contribution in [0.4, 0.5) is 0 Å². The summed E-state index contributed by atoms with van der Waals surface area (Å²) in [6.07, 6.45) is 1.72. The fourth-order valence-corrected chi connectivity index (χ4v) is 5.92. The summed E-state index contributed by atoms with van der Waals surface area (Å²) in [5.41, 5.74) is 6.46. The minimum atomic E-state index is -0.221. The Balaban J connectivity index is 1.33. The molecule has 0 bridgehead atoms. The van der Waals surface area contributed by atoms with E-state index in [1.807, 2.05) is 70.6 Å². The first-order valence-electron chi connectivity index (χ1n) is 10.4. The number of amides is 1. The second kappa shape index (κ2) is 11.1. The lowest BCUT2D eigenvalue weighted by Crippen LogP contribution is -2.25. The molecule has 0 spiro atoms. The van der Waals surface area contributed by atoms with E-state index < -0.39 is 0 Å².